The van der Waals surface area contributed by atoms with Crippen LogP contribution in [-0.2, 0) is 4.74 Å². The molecule has 0 aliphatic carbocycles. The van der Waals surface area contributed by atoms with Crippen molar-refractivity contribution in [1.29, 1.82) is 0 Å². The largest absolute Gasteiger partial charge is 0.378 e. The first-order valence-electron chi connectivity index (χ1n) is 7.49. The van der Waals surface area contributed by atoms with Crippen LogP contribution >= 0.6 is 0 Å². The number of hydrogen-bond donors (Lipinski definition) is 1. The summed E-state index contributed by atoms with van der Waals surface area (Å²) in [5.74, 6) is -0.462. The molecule has 0 unspecified atom stereocenters. The number of halogens is 1. The van der Waals surface area contributed by atoms with Gasteiger partial charge in [0.1, 0.15) is 5.82 Å². The van der Waals surface area contributed by atoms with Gasteiger partial charge in [-0.05, 0) is 50.4 Å². The topological polar surface area (TPSA) is 55.6 Å². The van der Waals surface area contributed by atoms with E-state index in [9.17, 15) is 9.18 Å². The highest BCUT2D eigenvalue weighted by Gasteiger charge is 2.24. The number of carbonyl (C=O) groups is 1. The van der Waals surface area contributed by atoms with Crippen molar-refractivity contribution in [2.24, 2.45) is 5.73 Å². The van der Waals surface area contributed by atoms with Crippen LogP contribution in [0.15, 0.2) is 18.2 Å². The van der Waals surface area contributed by atoms with Gasteiger partial charge in [-0.15, -0.1) is 0 Å². The molecular weight excluding hydrogens is 271 g/mol. The Morgan fingerprint density at radius 1 is 1.43 bits per heavy atom. The number of carbonyl (C=O) groups excluding carboxylic acids is 1. The number of ether oxygens (including phenoxy) is 1. The van der Waals surface area contributed by atoms with Gasteiger partial charge in [0.15, 0.2) is 0 Å². The molecule has 116 valence electrons. The third-order valence-electron chi connectivity index (χ3n) is 3.86. The number of piperidine rings is 1. The average molecular weight is 294 g/mol. The van der Waals surface area contributed by atoms with E-state index in [1.165, 1.54) is 12.1 Å². The maximum Gasteiger partial charge on any atom is 0.254 e. The van der Waals surface area contributed by atoms with Gasteiger partial charge in [0.2, 0.25) is 0 Å². The molecule has 1 aliphatic rings. The second-order valence-corrected chi connectivity index (χ2v) is 5.46. The second-order valence-electron chi connectivity index (χ2n) is 5.46. The van der Waals surface area contributed by atoms with Gasteiger partial charge in [0.25, 0.3) is 5.91 Å². The summed E-state index contributed by atoms with van der Waals surface area (Å²) in [7, 11) is 0. The van der Waals surface area contributed by atoms with Gasteiger partial charge in [0, 0.05) is 25.3 Å². The normalized spacial score (nSPS) is 16.2. The molecule has 1 aromatic carbocycles. The smallest absolute Gasteiger partial charge is 0.254 e. The molecule has 21 heavy (non-hydrogen) atoms. The Kier molecular flexibility index (Phi) is 5.70. The lowest BCUT2D eigenvalue weighted by Crippen LogP contribution is -2.41. The summed E-state index contributed by atoms with van der Waals surface area (Å²) in [4.78, 5) is 14.2. The van der Waals surface area contributed by atoms with Crippen molar-refractivity contribution < 1.29 is 13.9 Å². The Morgan fingerprint density at radius 2 is 2.14 bits per heavy atom. The summed E-state index contributed by atoms with van der Waals surface area (Å²) in [5, 5.41) is 0. The standard InChI is InChI=1S/C16H23FN2O2/c1-12-3-4-13(17)11-15(12)16(20)19-8-5-14(6-9-19)21-10-2-7-18/h3-4,11,14H,2,5-10,18H2,1H3. The molecule has 1 amide bonds. The lowest BCUT2D eigenvalue weighted by atomic mass is 10.0. The summed E-state index contributed by atoms with van der Waals surface area (Å²) < 4.78 is 19.0. The molecule has 2 rings (SSSR count). The van der Waals surface area contributed by atoms with E-state index in [1.54, 1.807) is 11.0 Å². The molecule has 2 N–H and O–H groups in total. The highest BCUT2D eigenvalue weighted by atomic mass is 19.1. The van der Waals surface area contributed by atoms with Crippen molar-refractivity contribution in [3.05, 3.63) is 35.1 Å². The predicted molar refractivity (Wildman–Crippen MR) is 79.7 cm³/mol. The van der Waals surface area contributed by atoms with Gasteiger partial charge in [-0.2, -0.15) is 0 Å². The van der Waals surface area contributed by atoms with Gasteiger partial charge < -0.3 is 15.4 Å². The highest BCUT2D eigenvalue weighted by molar-refractivity contribution is 5.95. The summed E-state index contributed by atoms with van der Waals surface area (Å²) in [5.41, 5.74) is 6.70. The number of likely N-dealkylation sites (tertiary alicyclic amines) is 1. The molecule has 5 heteroatoms. The number of nitrogens with two attached hydrogens (primary N) is 1. The van der Waals surface area contributed by atoms with Crippen molar-refractivity contribution in [3.63, 3.8) is 0 Å². The van der Waals surface area contributed by atoms with Crippen LogP contribution < -0.4 is 5.73 Å². The predicted octanol–water partition coefficient (Wildman–Crippen LogP) is 2.10. The first-order valence-corrected chi connectivity index (χ1v) is 7.49. The van der Waals surface area contributed by atoms with Crippen molar-refractivity contribution >= 4 is 5.91 Å². The van der Waals surface area contributed by atoms with Crippen molar-refractivity contribution in [3.8, 4) is 0 Å². The Bertz CT molecular complexity index is 485. The monoisotopic (exact) mass is 294 g/mol. The van der Waals surface area contributed by atoms with Crippen LogP contribution in [0.2, 0.25) is 0 Å². The fraction of sp³-hybridized carbons (Fsp3) is 0.562. The third kappa shape index (κ3) is 4.25. The van der Waals surface area contributed by atoms with Crippen LogP contribution in [0.5, 0.6) is 0 Å². The molecular formula is C16H23FN2O2. The fourth-order valence-corrected chi connectivity index (χ4v) is 2.55. The minimum atomic E-state index is -0.371. The van der Waals surface area contributed by atoms with Gasteiger partial charge in [-0.25, -0.2) is 4.39 Å². The van der Waals surface area contributed by atoms with Gasteiger partial charge in [-0.3, -0.25) is 4.79 Å². The van der Waals surface area contributed by atoms with Crippen LogP contribution in [-0.4, -0.2) is 43.2 Å². The average Bonchev–Trinajstić information content (AvgIpc) is 2.50. The SMILES string of the molecule is Cc1ccc(F)cc1C(=O)N1CCC(OCCCN)CC1. The molecule has 0 bridgehead atoms. The van der Waals surface area contributed by atoms with E-state index in [-0.39, 0.29) is 17.8 Å². The van der Waals surface area contributed by atoms with E-state index in [1.807, 2.05) is 6.92 Å². The zero-order chi connectivity index (χ0) is 15.2. The second kappa shape index (κ2) is 7.52. The molecule has 0 radical (unpaired) electrons. The van der Waals surface area contributed by atoms with Gasteiger partial charge in [-0.1, -0.05) is 6.07 Å². The van der Waals surface area contributed by atoms with Gasteiger partial charge >= 0.3 is 0 Å². The Labute approximate surface area is 125 Å². The summed E-state index contributed by atoms with van der Waals surface area (Å²) in [6.45, 7) is 4.45. The Balaban J connectivity index is 1.89. The first kappa shape index (κ1) is 15.9. The number of nitrogens with zero attached hydrogens (tertiary/aromatic N) is 1. The summed E-state index contributed by atoms with van der Waals surface area (Å²) in [6, 6.07) is 4.34. The van der Waals surface area contributed by atoms with E-state index < -0.39 is 0 Å². The van der Waals surface area contributed by atoms with E-state index in [0.717, 1.165) is 24.8 Å². The third-order valence-corrected chi connectivity index (χ3v) is 3.86. The van der Waals surface area contributed by atoms with Crippen LogP contribution in [0.1, 0.15) is 35.2 Å². The van der Waals surface area contributed by atoms with Crippen molar-refractivity contribution in [2.75, 3.05) is 26.2 Å². The lowest BCUT2D eigenvalue weighted by Gasteiger charge is -2.32. The molecule has 0 aromatic heterocycles. The van der Waals surface area contributed by atoms with Crippen LogP contribution in [0.25, 0.3) is 0 Å². The molecule has 1 fully saturated rings. The molecule has 4 nitrogen and oxygen atoms in total. The van der Waals surface area contributed by atoms with Crippen LogP contribution in [0.3, 0.4) is 0 Å². The highest BCUT2D eigenvalue weighted by Crippen LogP contribution is 2.19. The molecule has 1 heterocycles. The number of rotatable bonds is 5. The Morgan fingerprint density at radius 3 is 2.81 bits per heavy atom. The number of benzene rings is 1. The van der Waals surface area contributed by atoms with E-state index in [0.29, 0.717) is 31.8 Å². The molecule has 1 saturated heterocycles. The van der Waals surface area contributed by atoms with E-state index >= 15 is 0 Å². The quantitative estimate of drug-likeness (QED) is 0.846. The molecule has 1 aliphatic heterocycles. The summed E-state index contributed by atoms with van der Waals surface area (Å²) in [6.07, 6.45) is 2.71. The van der Waals surface area contributed by atoms with E-state index in [2.05, 4.69) is 0 Å². The number of amides is 1. The molecule has 0 spiro atoms. The molecule has 0 atom stereocenters. The van der Waals surface area contributed by atoms with Crippen LogP contribution in [0.4, 0.5) is 4.39 Å². The van der Waals surface area contributed by atoms with Gasteiger partial charge in [0.05, 0.1) is 6.10 Å². The minimum Gasteiger partial charge on any atom is -0.378 e. The maximum absolute atomic E-state index is 13.3. The van der Waals surface area contributed by atoms with Crippen LogP contribution in [0, 0.1) is 12.7 Å². The van der Waals surface area contributed by atoms with Crippen molar-refractivity contribution in [2.45, 2.75) is 32.3 Å². The number of hydrogen-bond acceptors (Lipinski definition) is 3. The molecule has 0 saturated carbocycles. The van der Waals surface area contributed by atoms with E-state index in [4.69, 9.17) is 10.5 Å². The Hall–Kier alpha value is -1.46. The number of aryl methyl sites for hydroxylation is 1. The first-order chi connectivity index (χ1) is 10.1. The molecule has 1 aromatic rings. The van der Waals surface area contributed by atoms with Crippen molar-refractivity contribution in [1.82, 2.24) is 4.90 Å². The maximum atomic E-state index is 13.3. The minimum absolute atomic E-state index is 0.0904. The zero-order valence-electron chi connectivity index (χ0n) is 12.5. The lowest BCUT2D eigenvalue weighted by molar-refractivity contribution is 0.00842. The zero-order valence-corrected chi connectivity index (χ0v) is 12.5. The summed E-state index contributed by atoms with van der Waals surface area (Å²) >= 11 is 0. The fourth-order valence-electron chi connectivity index (χ4n) is 2.55.